The summed E-state index contributed by atoms with van der Waals surface area (Å²) in [5, 5.41) is 0.331. The number of halogens is 2. The minimum Gasteiger partial charge on any atom is -0.493 e. The minimum absolute atomic E-state index is 0.195. The quantitative estimate of drug-likeness (QED) is 0.657. The molecule has 0 radical (unpaired) electrons. The van der Waals surface area contributed by atoms with E-state index in [1.165, 1.54) is 0 Å². The molecule has 0 bridgehead atoms. The van der Waals surface area contributed by atoms with Gasteiger partial charge in [-0.15, -0.1) is 0 Å². The monoisotopic (exact) mass is 353 g/mol. The number of nitrogen functional groups attached to an aromatic ring is 1. The molecule has 104 valence electrons. The van der Waals surface area contributed by atoms with Gasteiger partial charge in [-0.1, -0.05) is 27.5 Å². The Hall–Kier alpha value is -1.52. The highest BCUT2D eigenvalue weighted by atomic mass is 79.9. The highest BCUT2D eigenvalue weighted by Gasteiger charge is 2.18. The lowest BCUT2D eigenvalue weighted by Crippen LogP contribution is -2.06. The zero-order valence-corrected chi connectivity index (χ0v) is 13.2. The van der Waals surface area contributed by atoms with Crippen LogP contribution >= 0.6 is 27.5 Å². The van der Waals surface area contributed by atoms with Crippen LogP contribution in [0.4, 0.5) is 5.69 Å². The van der Waals surface area contributed by atoms with Gasteiger partial charge < -0.3 is 10.5 Å². The number of hydrogen-bond acceptors (Lipinski definition) is 3. The van der Waals surface area contributed by atoms with Crippen molar-refractivity contribution in [3.05, 3.63) is 57.0 Å². The highest BCUT2D eigenvalue weighted by Crippen LogP contribution is 2.29. The predicted molar refractivity (Wildman–Crippen MR) is 84.6 cm³/mol. The van der Waals surface area contributed by atoms with Crippen LogP contribution in [0.3, 0.4) is 0 Å². The van der Waals surface area contributed by atoms with E-state index in [4.69, 9.17) is 22.1 Å². The van der Waals surface area contributed by atoms with Crippen LogP contribution in [-0.4, -0.2) is 12.4 Å². The second-order valence-electron chi connectivity index (χ2n) is 4.14. The molecule has 0 heterocycles. The Balaban J connectivity index is 2.49. The van der Waals surface area contributed by atoms with Crippen LogP contribution in [0, 0.1) is 0 Å². The van der Waals surface area contributed by atoms with Gasteiger partial charge in [-0.05, 0) is 43.3 Å². The summed E-state index contributed by atoms with van der Waals surface area (Å²) in [7, 11) is 0. The molecule has 0 spiro atoms. The van der Waals surface area contributed by atoms with E-state index < -0.39 is 0 Å². The van der Waals surface area contributed by atoms with Crippen molar-refractivity contribution in [2.75, 3.05) is 12.3 Å². The number of benzene rings is 2. The summed E-state index contributed by atoms with van der Waals surface area (Å²) in [6.45, 7) is 2.35. The van der Waals surface area contributed by atoms with Crippen molar-refractivity contribution in [1.82, 2.24) is 0 Å². The number of anilines is 1. The number of rotatable bonds is 4. The van der Waals surface area contributed by atoms with Crippen molar-refractivity contribution >= 4 is 39.0 Å². The molecule has 0 aliphatic rings. The smallest absolute Gasteiger partial charge is 0.198 e. The highest BCUT2D eigenvalue weighted by molar-refractivity contribution is 9.10. The van der Waals surface area contributed by atoms with Gasteiger partial charge >= 0.3 is 0 Å². The Morgan fingerprint density at radius 1 is 1.25 bits per heavy atom. The third-order valence-corrected chi connectivity index (χ3v) is 3.53. The SMILES string of the molecule is CCOc1ccc(Br)cc1C(=O)c1ccc(N)cc1Cl. The molecule has 0 unspecified atom stereocenters. The molecule has 0 saturated carbocycles. The standard InChI is InChI=1S/C15H13BrClNO2/c1-2-20-14-6-3-9(16)7-12(14)15(19)11-5-4-10(18)8-13(11)17/h3-8H,2,18H2,1H3. The zero-order valence-electron chi connectivity index (χ0n) is 10.8. The van der Waals surface area contributed by atoms with Crippen molar-refractivity contribution in [2.45, 2.75) is 6.92 Å². The Bertz CT molecular complexity index is 658. The van der Waals surface area contributed by atoms with Crippen LogP contribution in [0.1, 0.15) is 22.8 Å². The lowest BCUT2D eigenvalue weighted by molar-refractivity contribution is 0.103. The van der Waals surface area contributed by atoms with Crippen LogP contribution in [0.15, 0.2) is 40.9 Å². The summed E-state index contributed by atoms with van der Waals surface area (Å²) < 4.78 is 6.29. The van der Waals surface area contributed by atoms with Gasteiger partial charge in [0.1, 0.15) is 5.75 Å². The van der Waals surface area contributed by atoms with Gasteiger partial charge in [0.25, 0.3) is 0 Å². The van der Waals surface area contributed by atoms with Gasteiger partial charge in [0, 0.05) is 15.7 Å². The van der Waals surface area contributed by atoms with E-state index in [1.807, 2.05) is 13.0 Å². The fourth-order valence-electron chi connectivity index (χ4n) is 1.82. The first-order valence-electron chi connectivity index (χ1n) is 6.05. The molecule has 0 amide bonds. The number of hydrogen-bond donors (Lipinski definition) is 1. The first kappa shape index (κ1) is 14.9. The van der Waals surface area contributed by atoms with Crippen molar-refractivity contribution in [2.24, 2.45) is 0 Å². The first-order chi connectivity index (χ1) is 9.52. The summed E-state index contributed by atoms with van der Waals surface area (Å²) in [5.41, 5.74) is 7.03. The van der Waals surface area contributed by atoms with Crippen molar-refractivity contribution in [3.8, 4) is 5.75 Å². The summed E-state index contributed by atoms with van der Waals surface area (Å²) in [6, 6.07) is 10.1. The van der Waals surface area contributed by atoms with E-state index in [-0.39, 0.29) is 5.78 Å². The molecular weight excluding hydrogens is 342 g/mol. The number of carbonyl (C=O) groups is 1. The van der Waals surface area contributed by atoms with Gasteiger partial charge in [0.2, 0.25) is 0 Å². The molecule has 0 fully saturated rings. The minimum atomic E-state index is -0.195. The topological polar surface area (TPSA) is 52.3 Å². The van der Waals surface area contributed by atoms with Gasteiger partial charge in [-0.3, -0.25) is 4.79 Å². The van der Waals surface area contributed by atoms with Crippen LogP contribution in [0.5, 0.6) is 5.75 Å². The fraction of sp³-hybridized carbons (Fsp3) is 0.133. The largest absolute Gasteiger partial charge is 0.493 e. The average molecular weight is 355 g/mol. The molecule has 2 rings (SSSR count). The lowest BCUT2D eigenvalue weighted by atomic mass is 10.0. The number of carbonyl (C=O) groups excluding carboxylic acids is 1. The predicted octanol–water partition coefficient (Wildman–Crippen LogP) is 4.31. The van der Waals surface area contributed by atoms with E-state index >= 15 is 0 Å². The molecule has 20 heavy (non-hydrogen) atoms. The third-order valence-electron chi connectivity index (χ3n) is 2.72. The molecule has 2 aromatic rings. The van der Waals surface area contributed by atoms with Gasteiger partial charge in [0.05, 0.1) is 17.2 Å². The maximum absolute atomic E-state index is 12.6. The Morgan fingerprint density at radius 2 is 2.00 bits per heavy atom. The molecule has 0 atom stereocenters. The number of ketones is 1. The molecule has 2 N–H and O–H groups in total. The van der Waals surface area contributed by atoms with Crippen molar-refractivity contribution < 1.29 is 9.53 Å². The number of ether oxygens (including phenoxy) is 1. The maximum atomic E-state index is 12.6. The zero-order chi connectivity index (χ0) is 14.7. The number of nitrogens with two attached hydrogens (primary N) is 1. The summed E-state index contributed by atoms with van der Waals surface area (Å²) >= 11 is 9.45. The molecule has 0 aliphatic carbocycles. The summed E-state index contributed by atoms with van der Waals surface area (Å²) in [6.07, 6.45) is 0. The first-order valence-corrected chi connectivity index (χ1v) is 7.22. The van der Waals surface area contributed by atoms with E-state index in [1.54, 1.807) is 30.3 Å². The van der Waals surface area contributed by atoms with Crippen LogP contribution in [0.25, 0.3) is 0 Å². The molecule has 0 aromatic heterocycles. The Kier molecular flexibility index (Phi) is 4.68. The summed E-state index contributed by atoms with van der Waals surface area (Å²) in [4.78, 5) is 12.6. The fourth-order valence-corrected chi connectivity index (χ4v) is 2.46. The lowest BCUT2D eigenvalue weighted by Gasteiger charge is -2.11. The van der Waals surface area contributed by atoms with Crippen molar-refractivity contribution in [1.29, 1.82) is 0 Å². The normalized spacial score (nSPS) is 10.3. The van der Waals surface area contributed by atoms with E-state index in [0.29, 0.717) is 34.2 Å². The van der Waals surface area contributed by atoms with Gasteiger partial charge in [-0.25, -0.2) is 0 Å². The Morgan fingerprint density at radius 3 is 2.65 bits per heavy atom. The molecular formula is C15H13BrClNO2. The van der Waals surface area contributed by atoms with Crippen LogP contribution < -0.4 is 10.5 Å². The van der Waals surface area contributed by atoms with Gasteiger partial charge in [0.15, 0.2) is 5.78 Å². The summed E-state index contributed by atoms with van der Waals surface area (Å²) in [5.74, 6) is 0.341. The second-order valence-corrected chi connectivity index (χ2v) is 5.46. The van der Waals surface area contributed by atoms with Crippen LogP contribution in [-0.2, 0) is 0 Å². The average Bonchev–Trinajstić information content (AvgIpc) is 2.40. The second kappa shape index (κ2) is 6.29. The van der Waals surface area contributed by atoms with Crippen LogP contribution in [0.2, 0.25) is 5.02 Å². The van der Waals surface area contributed by atoms with Gasteiger partial charge in [-0.2, -0.15) is 0 Å². The molecule has 5 heteroatoms. The van der Waals surface area contributed by atoms with E-state index in [2.05, 4.69) is 15.9 Å². The third kappa shape index (κ3) is 3.14. The molecule has 3 nitrogen and oxygen atoms in total. The van der Waals surface area contributed by atoms with Crippen molar-refractivity contribution in [3.63, 3.8) is 0 Å². The molecule has 0 saturated heterocycles. The van der Waals surface area contributed by atoms with E-state index in [9.17, 15) is 4.79 Å². The molecule has 2 aromatic carbocycles. The maximum Gasteiger partial charge on any atom is 0.198 e. The Labute approximate surface area is 130 Å². The molecule has 0 aliphatic heterocycles. The van der Waals surface area contributed by atoms with E-state index in [0.717, 1.165) is 4.47 Å².